The summed E-state index contributed by atoms with van der Waals surface area (Å²) in [6.07, 6.45) is 2.08. The van der Waals surface area contributed by atoms with Crippen LogP contribution < -0.4 is 0 Å². The Hall–Kier alpha value is -0.210. The average molecular weight is 271 g/mol. The Balaban J connectivity index is 2.50. The fourth-order valence-corrected chi connectivity index (χ4v) is 2.06. The molecule has 1 aromatic carbocycles. The van der Waals surface area contributed by atoms with Gasteiger partial charge in [0.1, 0.15) is 0 Å². The molecular weight excluding hydrogens is 256 g/mol. The van der Waals surface area contributed by atoms with Gasteiger partial charge in [0.15, 0.2) is 0 Å². The molecule has 0 saturated carbocycles. The van der Waals surface area contributed by atoms with Crippen LogP contribution in [-0.2, 0) is 6.42 Å². The van der Waals surface area contributed by atoms with Crippen molar-refractivity contribution in [2.45, 2.75) is 24.7 Å². The lowest BCUT2D eigenvalue weighted by Crippen LogP contribution is -1.84. The monoisotopic (exact) mass is 270 g/mol. The number of aryl methyl sites for hydroxylation is 1. The van der Waals surface area contributed by atoms with Crippen LogP contribution in [0.15, 0.2) is 40.2 Å². The van der Waals surface area contributed by atoms with E-state index in [0.717, 1.165) is 23.1 Å². The van der Waals surface area contributed by atoms with Crippen LogP contribution in [0.5, 0.6) is 0 Å². The standard InChI is InChI=1S/C12H15BrS/c1-3-14-12-8-6-11(7-9-12)5-4-10(2)13/h6-9H,2-5H2,1H3. The Bertz CT molecular complexity index is 290. The molecule has 0 nitrogen and oxygen atoms in total. The van der Waals surface area contributed by atoms with Crippen molar-refractivity contribution in [3.8, 4) is 0 Å². The zero-order valence-electron chi connectivity index (χ0n) is 8.42. The lowest BCUT2D eigenvalue weighted by molar-refractivity contribution is 0.992. The molecule has 0 atom stereocenters. The molecule has 0 bridgehead atoms. The van der Waals surface area contributed by atoms with Crippen LogP contribution in [0.25, 0.3) is 0 Å². The molecule has 0 aliphatic rings. The second-order valence-corrected chi connectivity index (χ2v) is 5.55. The summed E-state index contributed by atoms with van der Waals surface area (Å²) in [5.41, 5.74) is 1.38. The predicted octanol–water partition coefficient (Wildman–Crippen LogP) is 4.64. The molecule has 1 aromatic rings. The third kappa shape index (κ3) is 4.34. The quantitative estimate of drug-likeness (QED) is 0.703. The Morgan fingerprint density at radius 3 is 2.50 bits per heavy atom. The Morgan fingerprint density at radius 2 is 2.00 bits per heavy atom. The topological polar surface area (TPSA) is 0 Å². The third-order valence-electron chi connectivity index (χ3n) is 1.92. The highest BCUT2D eigenvalue weighted by molar-refractivity contribution is 9.11. The van der Waals surface area contributed by atoms with E-state index in [1.165, 1.54) is 10.5 Å². The molecule has 14 heavy (non-hydrogen) atoms. The maximum absolute atomic E-state index is 3.83. The van der Waals surface area contributed by atoms with E-state index in [1.54, 1.807) is 0 Å². The number of thioether (sulfide) groups is 1. The van der Waals surface area contributed by atoms with Gasteiger partial charge in [-0.1, -0.05) is 41.6 Å². The minimum atomic E-state index is 1.01. The molecule has 0 N–H and O–H groups in total. The molecule has 0 aliphatic heterocycles. The first-order valence-electron chi connectivity index (χ1n) is 4.77. The molecule has 0 aromatic heterocycles. The number of benzene rings is 1. The van der Waals surface area contributed by atoms with E-state index in [-0.39, 0.29) is 0 Å². The lowest BCUT2D eigenvalue weighted by Gasteiger charge is -2.02. The van der Waals surface area contributed by atoms with Crippen LogP contribution in [0.3, 0.4) is 0 Å². The average Bonchev–Trinajstić information content (AvgIpc) is 2.17. The normalized spacial score (nSPS) is 10.1. The molecule has 0 saturated heterocycles. The number of hydrogen-bond acceptors (Lipinski definition) is 1. The maximum atomic E-state index is 3.83. The van der Waals surface area contributed by atoms with Gasteiger partial charge < -0.3 is 0 Å². The fraction of sp³-hybridized carbons (Fsp3) is 0.333. The van der Waals surface area contributed by atoms with Crippen molar-refractivity contribution < 1.29 is 0 Å². The maximum Gasteiger partial charge on any atom is 0.00720 e. The van der Waals surface area contributed by atoms with E-state index in [1.807, 2.05) is 11.8 Å². The summed E-state index contributed by atoms with van der Waals surface area (Å²) in [4.78, 5) is 1.36. The minimum Gasteiger partial charge on any atom is -0.126 e. The van der Waals surface area contributed by atoms with Gasteiger partial charge in [-0.3, -0.25) is 0 Å². The van der Waals surface area contributed by atoms with E-state index < -0.39 is 0 Å². The van der Waals surface area contributed by atoms with E-state index >= 15 is 0 Å². The highest BCUT2D eigenvalue weighted by Crippen LogP contribution is 2.19. The molecule has 0 unspecified atom stereocenters. The Kier molecular flexibility index (Phi) is 5.34. The third-order valence-corrected chi connectivity index (χ3v) is 3.21. The minimum absolute atomic E-state index is 1.01. The highest BCUT2D eigenvalue weighted by atomic mass is 79.9. The van der Waals surface area contributed by atoms with Gasteiger partial charge in [0.25, 0.3) is 0 Å². The van der Waals surface area contributed by atoms with Crippen molar-refractivity contribution in [2.24, 2.45) is 0 Å². The second-order valence-electron chi connectivity index (χ2n) is 3.09. The fourth-order valence-electron chi connectivity index (χ4n) is 1.20. The first-order chi connectivity index (χ1) is 6.72. The Morgan fingerprint density at radius 1 is 1.36 bits per heavy atom. The molecule has 0 fully saturated rings. The van der Waals surface area contributed by atoms with Gasteiger partial charge in [0.2, 0.25) is 0 Å². The van der Waals surface area contributed by atoms with Gasteiger partial charge in [-0.05, 0) is 40.8 Å². The summed E-state index contributed by atoms with van der Waals surface area (Å²) >= 11 is 5.25. The van der Waals surface area contributed by atoms with Crippen molar-refractivity contribution >= 4 is 27.7 Å². The zero-order valence-corrected chi connectivity index (χ0v) is 10.8. The molecule has 1 rings (SSSR count). The lowest BCUT2D eigenvalue weighted by atomic mass is 10.1. The van der Waals surface area contributed by atoms with Crippen LogP contribution in [0.1, 0.15) is 18.9 Å². The SMILES string of the molecule is C=C(Br)CCc1ccc(SCC)cc1. The number of halogens is 1. The molecule has 0 radical (unpaired) electrons. The summed E-state index contributed by atoms with van der Waals surface area (Å²) in [5.74, 6) is 1.14. The van der Waals surface area contributed by atoms with Crippen LogP contribution in [0.2, 0.25) is 0 Å². The van der Waals surface area contributed by atoms with Crippen molar-refractivity contribution in [3.63, 3.8) is 0 Å². The predicted molar refractivity (Wildman–Crippen MR) is 69.2 cm³/mol. The van der Waals surface area contributed by atoms with Gasteiger partial charge in [-0.25, -0.2) is 0 Å². The molecule has 0 spiro atoms. The van der Waals surface area contributed by atoms with E-state index in [4.69, 9.17) is 0 Å². The van der Waals surface area contributed by atoms with Crippen molar-refractivity contribution in [3.05, 3.63) is 40.9 Å². The number of hydrogen-bond donors (Lipinski definition) is 0. The van der Waals surface area contributed by atoms with E-state index in [2.05, 4.69) is 53.7 Å². The van der Waals surface area contributed by atoms with Crippen LogP contribution >= 0.6 is 27.7 Å². The molecular formula is C12H15BrS. The van der Waals surface area contributed by atoms with Gasteiger partial charge in [-0.15, -0.1) is 11.8 Å². The van der Waals surface area contributed by atoms with Crippen molar-refractivity contribution in [1.29, 1.82) is 0 Å². The van der Waals surface area contributed by atoms with Gasteiger partial charge in [-0.2, -0.15) is 0 Å². The number of allylic oxidation sites excluding steroid dienone is 1. The summed E-state index contributed by atoms with van der Waals surface area (Å²) < 4.78 is 1.07. The second kappa shape index (κ2) is 6.31. The smallest absolute Gasteiger partial charge is 0.00720 e. The zero-order chi connectivity index (χ0) is 10.4. The van der Waals surface area contributed by atoms with Crippen LogP contribution in [0, 0.1) is 0 Å². The first-order valence-corrected chi connectivity index (χ1v) is 6.55. The van der Waals surface area contributed by atoms with Crippen molar-refractivity contribution in [1.82, 2.24) is 0 Å². The summed E-state index contributed by atoms with van der Waals surface area (Å²) in [6, 6.07) is 8.79. The molecule has 0 heterocycles. The summed E-state index contributed by atoms with van der Waals surface area (Å²) in [6.45, 7) is 6.00. The summed E-state index contributed by atoms with van der Waals surface area (Å²) in [7, 11) is 0. The van der Waals surface area contributed by atoms with Crippen LogP contribution in [-0.4, -0.2) is 5.75 Å². The summed E-state index contributed by atoms with van der Waals surface area (Å²) in [5, 5.41) is 0. The molecule has 2 heteroatoms. The molecule has 76 valence electrons. The van der Waals surface area contributed by atoms with Gasteiger partial charge in [0, 0.05) is 4.90 Å². The van der Waals surface area contributed by atoms with Crippen LogP contribution in [0.4, 0.5) is 0 Å². The molecule has 0 amide bonds. The molecule has 0 aliphatic carbocycles. The van der Waals surface area contributed by atoms with Crippen molar-refractivity contribution in [2.75, 3.05) is 5.75 Å². The van der Waals surface area contributed by atoms with E-state index in [9.17, 15) is 0 Å². The van der Waals surface area contributed by atoms with E-state index in [0.29, 0.717) is 0 Å². The highest BCUT2D eigenvalue weighted by Gasteiger charge is 1.95. The number of rotatable bonds is 5. The largest absolute Gasteiger partial charge is 0.126 e. The Labute approximate surface area is 98.9 Å². The van der Waals surface area contributed by atoms with Gasteiger partial charge >= 0.3 is 0 Å². The first kappa shape index (κ1) is 11.9. The van der Waals surface area contributed by atoms with Gasteiger partial charge in [0.05, 0.1) is 0 Å².